The molecule has 0 saturated carbocycles. The van der Waals surface area contributed by atoms with Gasteiger partial charge in [-0.15, -0.1) is 0 Å². The van der Waals surface area contributed by atoms with Gasteiger partial charge >= 0.3 is 39.2 Å². The molecule has 0 atom stereocenters. The van der Waals surface area contributed by atoms with Crippen molar-refractivity contribution in [2.24, 2.45) is 0 Å². The van der Waals surface area contributed by atoms with E-state index in [1.165, 1.54) is 13.5 Å². The molecule has 6 heavy (non-hydrogen) atoms. The zero-order valence-corrected chi connectivity index (χ0v) is 3.73. The van der Waals surface area contributed by atoms with Gasteiger partial charge in [-0.2, -0.15) is 0 Å². The van der Waals surface area contributed by atoms with Crippen LogP contribution < -0.4 is 0 Å². The third-order valence-electron chi connectivity index (χ3n) is 0.346. The topological polar surface area (TPSA) is 23.9 Å². The molecule has 0 rings (SSSR count). The molecule has 0 heterocycles. The van der Waals surface area contributed by atoms with E-state index >= 15 is 0 Å². The van der Waals surface area contributed by atoms with Crippen molar-refractivity contribution in [1.82, 2.24) is 0 Å². The summed E-state index contributed by atoms with van der Waals surface area (Å²) < 4.78 is 0. The standard InChI is InChI=1S/C2H4B3N/c1-2(6)4-5-3/h6H,1H3. The molecular formula is C2H4B3N. The van der Waals surface area contributed by atoms with Crippen LogP contribution in [0, 0.1) is 5.41 Å². The fraction of sp³-hybridized carbons (Fsp3) is 0.500. The first-order chi connectivity index (χ1) is 2.77. The van der Waals surface area contributed by atoms with Crippen LogP contribution in [0.5, 0.6) is 0 Å². The quantitative estimate of drug-likeness (QED) is 0.317. The van der Waals surface area contributed by atoms with Crippen LogP contribution in [0.3, 0.4) is 0 Å². The maximum absolute atomic E-state index is 6.73. The Morgan fingerprint density at radius 3 is 2.33 bits per heavy atom. The van der Waals surface area contributed by atoms with Gasteiger partial charge in [0.2, 0.25) is 0 Å². The second-order valence-corrected chi connectivity index (χ2v) is 1.04. The molecule has 1 N–H and O–H groups in total. The Bertz CT molecular complexity index is 76.9. The van der Waals surface area contributed by atoms with Crippen molar-refractivity contribution in [3.63, 3.8) is 0 Å². The number of rotatable bonds is 1. The molecule has 0 aromatic rings. The molecule has 0 aromatic carbocycles. The maximum atomic E-state index is 6.73. The van der Waals surface area contributed by atoms with Crippen LogP contribution in [0.1, 0.15) is 6.92 Å². The summed E-state index contributed by atoms with van der Waals surface area (Å²) >= 11 is 0. The number of nitrogens with one attached hydrogen (secondary N) is 1. The van der Waals surface area contributed by atoms with Crippen LogP contribution in [0.4, 0.5) is 0 Å². The first-order valence-corrected chi connectivity index (χ1v) is 1.71. The Hall–Kier alpha value is -0.135. The summed E-state index contributed by atoms with van der Waals surface area (Å²) in [4.78, 5) is 0. The van der Waals surface area contributed by atoms with E-state index in [-0.39, 0.29) is 0 Å². The Morgan fingerprint density at radius 1 is 1.83 bits per heavy atom. The van der Waals surface area contributed by atoms with Crippen molar-refractivity contribution in [2.75, 3.05) is 0 Å². The number of hydrogen-bond acceptors (Lipinski definition) is 1. The molecule has 0 amide bonds. The van der Waals surface area contributed by atoms with E-state index in [4.69, 9.17) is 13.1 Å². The molecule has 0 bridgehead atoms. The third-order valence-corrected chi connectivity index (χ3v) is 0.346. The molecule has 0 unspecified atom stereocenters. The normalized spacial score (nSPS) is 6.83. The number of hydrogen-bond donors (Lipinski definition) is 1. The van der Waals surface area contributed by atoms with Gasteiger partial charge in [-0.1, -0.05) is 0 Å². The molecule has 0 aliphatic heterocycles. The van der Waals surface area contributed by atoms with E-state index in [1.54, 1.807) is 6.92 Å². The van der Waals surface area contributed by atoms with Gasteiger partial charge in [0.15, 0.2) is 0 Å². The molecule has 4 heteroatoms. The SMILES string of the molecule is [B]B=BC(C)=N. The molecule has 0 aromatic heterocycles. The van der Waals surface area contributed by atoms with Crippen molar-refractivity contribution >= 4 is 26.8 Å². The van der Waals surface area contributed by atoms with Crippen molar-refractivity contribution in [2.45, 2.75) is 6.92 Å². The molecule has 0 fully saturated rings. The van der Waals surface area contributed by atoms with Crippen LogP contribution in [-0.2, 0) is 0 Å². The second kappa shape index (κ2) is 3.07. The van der Waals surface area contributed by atoms with Gasteiger partial charge in [0.05, 0.1) is 0 Å². The molecule has 0 spiro atoms. The summed E-state index contributed by atoms with van der Waals surface area (Å²) in [6, 6.07) is 0. The molecule has 0 aliphatic rings. The van der Waals surface area contributed by atoms with Crippen LogP contribution in [0.15, 0.2) is 0 Å². The Balaban J connectivity index is 3.30. The minimum atomic E-state index is 0.484. The molecular weight excluding hydrogens is 70.5 g/mol. The molecule has 0 saturated heterocycles. The van der Waals surface area contributed by atoms with Crippen LogP contribution in [-0.4, -0.2) is 26.8 Å². The average Bonchev–Trinajstić information content (AvgIpc) is 1.35. The Morgan fingerprint density at radius 2 is 2.33 bits per heavy atom. The monoisotopic (exact) mass is 75.1 g/mol. The zero-order valence-electron chi connectivity index (χ0n) is 3.73. The fourth-order valence-corrected chi connectivity index (χ4v) is 0.144. The van der Waals surface area contributed by atoms with Gasteiger partial charge in [-0.3, -0.25) is 0 Å². The fourth-order valence-electron chi connectivity index (χ4n) is 0.144. The van der Waals surface area contributed by atoms with E-state index in [0.717, 1.165) is 0 Å². The second-order valence-electron chi connectivity index (χ2n) is 1.04. The summed E-state index contributed by atoms with van der Waals surface area (Å²) in [5.41, 5.74) is 0.484. The van der Waals surface area contributed by atoms with Gasteiger partial charge < -0.3 is 0 Å². The molecule has 2 radical (unpaired) electrons. The van der Waals surface area contributed by atoms with Crippen LogP contribution >= 0.6 is 0 Å². The Kier molecular flexibility index (Phi) is 3.00. The van der Waals surface area contributed by atoms with E-state index in [0.29, 0.717) is 5.61 Å². The predicted molar refractivity (Wildman–Crippen MR) is 30.7 cm³/mol. The predicted octanol–water partition coefficient (Wildman–Crippen LogP) is -0.610. The Labute approximate surface area is 40.1 Å². The molecule has 1 nitrogen and oxygen atoms in total. The van der Waals surface area contributed by atoms with Crippen molar-refractivity contribution < 1.29 is 0 Å². The summed E-state index contributed by atoms with van der Waals surface area (Å²) in [7, 11) is 4.91. The summed E-state index contributed by atoms with van der Waals surface area (Å²) in [6.45, 7) is 4.55. The molecule has 26 valence electrons. The van der Waals surface area contributed by atoms with E-state index in [1.807, 2.05) is 0 Å². The van der Waals surface area contributed by atoms with Gasteiger partial charge in [-0.25, -0.2) is 0 Å². The van der Waals surface area contributed by atoms with Gasteiger partial charge in [-0.05, 0) is 0 Å². The van der Waals surface area contributed by atoms with Gasteiger partial charge in [0, 0.05) is 0 Å². The first-order valence-electron chi connectivity index (χ1n) is 1.71. The van der Waals surface area contributed by atoms with Gasteiger partial charge in [0.25, 0.3) is 0 Å². The first kappa shape index (κ1) is 5.86. The summed E-state index contributed by atoms with van der Waals surface area (Å²) in [5.74, 6) is 0. The molecule has 0 aliphatic carbocycles. The zero-order chi connectivity index (χ0) is 4.99. The third kappa shape index (κ3) is 3.86. The summed E-state index contributed by atoms with van der Waals surface area (Å²) in [6.07, 6.45) is 0. The van der Waals surface area contributed by atoms with E-state index in [2.05, 4.69) is 0 Å². The van der Waals surface area contributed by atoms with Crippen LogP contribution in [0.2, 0.25) is 0 Å². The van der Waals surface area contributed by atoms with E-state index in [9.17, 15) is 0 Å². The van der Waals surface area contributed by atoms with E-state index < -0.39 is 0 Å². The van der Waals surface area contributed by atoms with Gasteiger partial charge in [0.1, 0.15) is 0 Å². The minimum absolute atomic E-state index is 0.484. The van der Waals surface area contributed by atoms with Crippen molar-refractivity contribution in [3.8, 4) is 0 Å². The summed E-state index contributed by atoms with van der Waals surface area (Å²) in [5, 5.41) is 6.73. The van der Waals surface area contributed by atoms with Crippen molar-refractivity contribution in [1.29, 1.82) is 5.41 Å². The van der Waals surface area contributed by atoms with Crippen LogP contribution in [0.25, 0.3) is 0 Å². The average molecular weight is 74.5 g/mol. The van der Waals surface area contributed by atoms with Crippen molar-refractivity contribution in [3.05, 3.63) is 0 Å².